The minimum Gasteiger partial charge on any atom is -0.435 e. The number of hydrogen-bond acceptors (Lipinski definition) is 9. The van der Waals surface area contributed by atoms with Gasteiger partial charge in [-0.3, -0.25) is 24.1 Å². The summed E-state index contributed by atoms with van der Waals surface area (Å²) in [5.74, 6) is -2.45. The molecule has 1 aromatic carbocycles. The number of fused-ring (bicyclic) bond motifs is 2. The molecule has 2 unspecified atom stereocenters. The highest BCUT2D eigenvalue weighted by molar-refractivity contribution is 5.98. The van der Waals surface area contributed by atoms with Gasteiger partial charge in [-0.15, -0.1) is 0 Å². The molecule has 6 rings (SSSR count). The first-order valence-electron chi connectivity index (χ1n) is 15.3. The van der Waals surface area contributed by atoms with Crippen molar-refractivity contribution in [3.63, 3.8) is 0 Å². The first-order valence-corrected chi connectivity index (χ1v) is 15.3. The van der Waals surface area contributed by atoms with Gasteiger partial charge < -0.3 is 35.3 Å². The molecule has 14 heteroatoms. The van der Waals surface area contributed by atoms with Crippen molar-refractivity contribution >= 4 is 23.5 Å². The van der Waals surface area contributed by atoms with Gasteiger partial charge in [0.25, 0.3) is 0 Å². The summed E-state index contributed by atoms with van der Waals surface area (Å²) in [6.45, 7) is 1.59. The van der Waals surface area contributed by atoms with E-state index in [0.717, 1.165) is 31.3 Å². The van der Waals surface area contributed by atoms with Crippen LogP contribution < -0.4 is 20.7 Å². The number of aliphatic hydroxyl groups excluding tert-OH is 1. The van der Waals surface area contributed by atoms with Crippen LogP contribution in [0.15, 0.2) is 35.9 Å². The lowest BCUT2D eigenvalue weighted by Crippen LogP contribution is -2.60. The van der Waals surface area contributed by atoms with Gasteiger partial charge in [-0.2, -0.15) is 8.78 Å². The fourth-order valence-electron chi connectivity index (χ4n) is 6.00. The Morgan fingerprint density at radius 2 is 1.76 bits per heavy atom. The Balaban J connectivity index is 1.29. The van der Waals surface area contributed by atoms with E-state index >= 15 is 0 Å². The average Bonchev–Trinajstić information content (AvgIpc) is 3.52. The summed E-state index contributed by atoms with van der Waals surface area (Å²) in [6.07, 6.45) is 4.45. The van der Waals surface area contributed by atoms with Crippen molar-refractivity contribution in [1.82, 2.24) is 20.9 Å². The number of nitrogens with one attached hydrogen (secondary N) is 3. The molecular formula is C31H40F2N4O8. The van der Waals surface area contributed by atoms with E-state index in [9.17, 15) is 33.1 Å². The van der Waals surface area contributed by atoms with Crippen LogP contribution in [-0.4, -0.2) is 102 Å². The third-order valence-electron chi connectivity index (χ3n) is 8.65. The number of allylic oxidation sites excluding steroid dienone is 1. The Bertz CT molecular complexity index is 1290. The van der Waals surface area contributed by atoms with Gasteiger partial charge in [0.15, 0.2) is 5.78 Å². The Morgan fingerprint density at radius 1 is 1.09 bits per heavy atom. The maximum Gasteiger partial charge on any atom is 0.387 e. The summed E-state index contributed by atoms with van der Waals surface area (Å²) in [6, 6.07) is 1.33. The molecule has 45 heavy (non-hydrogen) atoms. The minimum absolute atomic E-state index is 0.0774. The van der Waals surface area contributed by atoms with Crippen molar-refractivity contribution in [2.45, 2.75) is 94.6 Å². The first-order chi connectivity index (χ1) is 21.4. The molecule has 1 aromatic rings. The molecule has 4 saturated heterocycles. The van der Waals surface area contributed by atoms with Gasteiger partial charge in [0.1, 0.15) is 29.5 Å². The molecule has 12 nitrogen and oxygen atoms in total. The number of ketones is 1. The van der Waals surface area contributed by atoms with Gasteiger partial charge in [-0.1, -0.05) is 23.8 Å². The second kappa shape index (κ2) is 13.9. The van der Waals surface area contributed by atoms with E-state index in [1.165, 1.54) is 31.2 Å². The number of amides is 3. The summed E-state index contributed by atoms with van der Waals surface area (Å²) in [5, 5.41) is 19.2. The fraction of sp³-hybridized carbons (Fsp3) is 0.613. The molecule has 0 spiro atoms. The number of rotatable bonds is 15. The number of alkyl halides is 2. The Labute approximate surface area is 259 Å². The topological polar surface area (TPSA) is 159 Å². The van der Waals surface area contributed by atoms with Gasteiger partial charge in [-0.05, 0) is 57.2 Å². The third-order valence-corrected chi connectivity index (χ3v) is 8.65. The third kappa shape index (κ3) is 8.43. The zero-order chi connectivity index (χ0) is 32.3. The highest BCUT2D eigenvalue weighted by Crippen LogP contribution is 2.32. The van der Waals surface area contributed by atoms with E-state index in [4.69, 9.17) is 9.47 Å². The van der Waals surface area contributed by atoms with Crippen molar-refractivity contribution < 1.29 is 47.3 Å². The second-order valence-electron chi connectivity index (χ2n) is 12.4. The monoisotopic (exact) mass is 634 g/mol. The number of carbonyl (C=O) groups is 4. The fourth-order valence-corrected chi connectivity index (χ4v) is 6.00. The van der Waals surface area contributed by atoms with Crippen molar-refractivity contribution in [1.29, 1.82) is 0 Å². The first kappa shape index (κ1) is 32.9. The average molecular weight is 635 g/mol. The minimum atomic E-state index is -3.05. The van der Waals surface area contributed by atoms with Gasteiger partial charge in [-0.25, -0.2) is 0 Å². The molecule has 4 N–H and O–H groups in total. The number of piperidine rings is 1. The van der Waals surface area contributed by atoms with Crippen LogP contribution in [0.3, 0.4) is 0 Å². The van der Waals surface area contributed by atoms with Gasteiger partial charge in [0, 0.05) is 19.5 Å². The molecule has 4 heterocycles. The molecule has 1 aliphatic carbocycles. The van der Waals surface area contributed by atoms with Crippen molar-refractivity contribution in [2.75, 3.05) is 26.2 Å². The number of morpholine rings is 1. The van der Waals surface area contributed by atoms with Crippen LogP contribution in [0, 0.1) is 0 Å². The number of Topliss-reactive ketones (excluding diaryl/α,β-unsaturated/α-hetero) is 1. The maximum absolute atomic E-state index is 13.8. The van der Waals surface area contributed by atoms with E-state index in [1.54, 1.807) is 6.92 Å². The summed E-state index contributed by atoms with van der Waals surface area (Å²) >= 11 is 0. The van der Waals surface area contributed by atoms with Crippen LogP contribution in [-0.2, 0) is 28.7 Å². The lowest BCUT2D eigenvalue weighted by Gasteiger charge is -2.46. The zero-order valence-electron chi connectivity index (χ0n) is 25.3. The Hall–Kier alpha value is -3.46. The number of benzene rings is 1. The van der Waals surface area contributed by atoms with Crippen molar-refractivity contribution in [2.24, 2.45) is 0 Å². The smallest absolute Gasteiger partial charge is 0.387 e. The molecule has 3 amide bonds. The van der Waals surface area contributed by atoms with Gasteiger partial charge in [0.05, 0.1) is 31.4 Å². The van der Waals surface area contributed by atoms with Gasteiger partial charge in [0.2, 0.25) is 17.7 Å². The van der Waals surface area contributed by atoms with E-state index in [-0.39, 0.29) is 54.8 Å². The number of ether oxygens (including phenoxy) is 3. The molecule has 0 saturated carbocycles. The van der Waals surface area contributed by atoms with E-state index in [0.29, 0.717) is 13.1 Å². The Morgan fingerprint density at radius 3 is 2.33 bits per heavy atom. The normalized spacial score (nSPS) is 26.5. The number of epoxide rings is 1. The quantitative estimate of drug-likeness (QED) is 0.164. The highest BCUT2D eigenvalue weighted by Gasteiger charge is 2.50. The second-order valence-corrected chi connectivity index (χ2v) is 12.4. The van der Waals surface area contributed by atoms with Crippen LogP contribution in [0.4, 0.5) is 8.78 Å². The number of carbonyl (C=O) groups excluding carboxylic acids is 4. The standard InChI is InChI=1S/C31H40F2N4O8/c1-17(34-24(38)15-37-13-21-12-22(14-37)44-21)28(41)36-25(26(39)19-7-9-20(10-8-19)45-30(32)33)29(42)35-23(11-18-5-3-4-6-18)27(40)31(2)16-43-31/h5,7-10,17,21-23,25-26,30,39H,3-4,6,11-16H2,1-2H3,(H,34,38)(H,35,42)(H,36,41)/t17-,21?,22?,23-,25-,26+,31+/m0/s1. The van der Waals surface area contributed by atoms with E-state index < -0.39 is 48.3 Å². The van der Waals surface area contributed by atoms with E-state index in [1.807, 2.05) is 11.0 Å². The van der Waals surface area contributed by atoms with Crippen LogP contribution in [0.1, 0.15) is 57.6 Å². The van der Waals surface area contributed by atoms with Crippen molar-refractivity contribution in [3.8, 4) is 5.75 Å². The molecule has 4 fully saturated rings. The SMILES string of the molecule is C[C@H](NC(=O)CN1CC2CC(C1)O2)C(=O)N[C@H](C(=O)N[C@@H](CC1=CCCC1)C(=O)[C@@]1(C)CO1)[C@H](O)c1ccc(OC(F)F)cc1. The molecule has 0 radical (unpaired) electrons. The highest BCUT2D eigenvalue weighted by atomic mass is 19.3. The van der Waals surface area contributed by atoms with Crippen LogP contribution >= 0.6 is 0 Å². The van der Waals surface area contributed by atoms with E-state index in [2.05, 4.69) is 20.7 Å². The number of hydrogen-bond donors (Lipinski definition) is 4. The predicted molar refractivity (Wildman–Crippen MR) is 155 cm³/mol. The van der Waals surface area contributed by atoms with Crippen molar-refractivity contribution in [3.05, 3.63) is 41.5 Å². The van der Waals surface area contributed by atoms with Crippen LogP contribution in [0.25, 0.3) is 0 Å². The van der Waals surface area contributed by atoms with Crippen LogP contribution in [0.2, 0.25) is 0 Å². The Kier molecular flexibility index (Phi) is 10.2. The maximum atomic E-state index is 13.8. The summed E-state index contributed by atoms with van der Waals surface area (Å²) < 4.78 is 40.6. The molecule has 4 aliphatic heterocycles. The summed E-state index contributed by atoms with van der Waals surface area (Å²) in [7, 11) is 0. The molecular weight excluding hydrogens is 594 g/mol. The number of nitrogens with zero attached hydrogens (tertiary/aromatic N) is 1. The number of aliphatic hydroxyl groups is 1. The lowest BCUT2D eigenvalue weighted by molar-refractivity contribution is -0.181. The largest absolute Gasteiger partial charge is 0.435 e. The van der Waals surface area contributed by atoms with Gasteiger partial charge >= 0.3 is 6.61 Å². The molecule has 246 valence electrons. The molecule has 7 atom stereocenters. The van der Waals surface area contributed by atoms with Crippen LogP contribution in [0.5, 0.6) is 5.75 Å². The lowest BCUT2D eigenvalue weighted by atomic mass is 9.93. The number of halogens is 2. The molecule has 5 aliphatic rings. The molecule has 2 bridgehead atoms. The summed E-state index contributed by atoms with van der Waals surface area (Å²) in [4.78, 5) is 55.0. The summed E-state index contributed by atoms with van der Waals surface area (Å²) in [5.41, 5.74) is 0.107. The predicted octanol–water partition coefficient (Wildman–Crippen LogP) is 1.13. The molecule has 0 aromatic heterocycles. The zero-order valence-corrected chi connectivity index (χ0v) is 25.3.